The lowest BCUT2D eigenvalue weighted by atomic mass is 10.2. The van der Waals surface area contributed by atoms with Gasteiger partial charge in [-0.1, -0.05) is 31.2 Å². The number of carbonyl (C=O) groups is 1. The van der Waals surface area contributed by atoms with Crippen LogP contribution < -0.4 is 5.56 Å². The summed E-state index contributed by atoms with van der Waals surface area (Å²) in [5.41, 5.74) is 0.270. The molecule has 6 heteroatoms. The van der Waals surface area contributed by atoms with E-state index >= 15 is 0 Å². The third-order valence-corrected chi connectivity index (χ3v) is 3.25. The van der Waals surface area contributed by atoms with Crippen LogP contribution in [0.5, 0.6) is 0 Å². The number of fused-ring (bicyclic) bond motifs is 1. The second kappa shape index (κ2) is 6.97. The van der Waals surface area contributed by atoms with Gasteiger partial charge in [-0.05, 0) is 25.0 Å². The van der Waals surface area contributed by atoms with Crippen LogP contribution in [0, 0.1) is 0 Å². The van der Waals surface area contributed by atoms with E-state index in [2.05, 4.69) is 10.3 Å². The number of nitrogens with zero attached hydrogens (tertiary/aromatic N) is 4. The lowest BCUT2D eigenvalue weighted by molar-refractivity contribution is -0.132. The molecule has 0 spiro atoms. The number of aromatic nitrogens is 3. The Hall–Kier alpha value is -2.24. The molecule has 0 bridgehead atoms. The van der Waals surface area contributed by atoms with Crippen LogP contribution in [-0.2, 0) is 11.3 Å². The van der Waals surface area contributed by atoms with Crippen LogP contribution in [0.3, 0.4) is 0 Å². The molecule has 0 unspecified atom stereocenters. The van der Waals surface area contributed by atoms with Crippen molar-refractivity contribution in [3.8, 4) is 0 Å². The smallest absolute Gasteiger partial charge is 0.278 e. The third kappa shape index (κ3) is 3.45. The van der Waals surface area contributed by atoms with Crippen LogP contribution in [0.2, 0.25) is 0 Å². The van der Waals surface area contributed by atoms with Gasteiger partial charge in [0.05, 0.1) is 5.39 Å². The van der Waals surface area contributed by atoms with Crippen molar-refractivity contribution in [1.29, 1.82) is 0 Å². The molecule has 0 aliphatic rings. The van der Waals surface area contributed by atoms with E-state index in [0.29, 0.717) is 24.0 Å². The van der Waals surface area contributed by atoms with Crippen molar-refractivity contribution in [2.24, 2.45) is 0 Å². The van der Waals surface area contributed by atoms with Crippen molar-refractivity contribution in [3.05, 3.63) is 34.6 Å². The van der Waals surface area contributed by atoms with E-state index in [0.717, 1.165) is 17.5 Å². The predicted octanol–water partition coefficient (Wildman–Crippen LogP) is 1.44. The molecule has 112 valence electrons. The van der Waals surface area contributed by atoms with Crippen LogP contribution in [0.25, 0.3) is 10.9 Å². The molecule has 0 aliphatic heterocycles. The molecule has 1 aromatic heterocycles. The Kier molecular flexibility index (Phi) is 5.03. The molecule has 2 aromatic rings. The highest BCUT2D eigenvalue weighted by atomic mass is 16.2. The first-order valence-electron chi connectivity index (χ1n) is 7.27. The van der Waals surface area contributed by atoms with Gasteiger partial charge >= 0.3 is 0 Å². The Labute approximate surface area is 123 Å². The van der Waals surface area contributed by atoms with Gasteiger partial charge in [-0.2, -0.15) is 0 Å². The first kappa shape index (κ1) is 15.2. The Morgan fingerprint density at radius 1 is 1.19 bits per heavy atom. The van der Waals surface area contributed by atoms with Gasteiger partial charge in [0.2, 0.25) is 5.91 Å². The largest absolute Gasteiger partial charge is 0.341 e. The summed E-state index contributed by atoms with van der Waals surface area (Å²) in [6.45, 7) is 5.39. The Balaban J connectivity index is 2.24. The van der Waals surface area contributed by atoms with Crippen LogP contribution in [0.15, 0.2) is 29.1 Å². The molecule has 0 saturated carbocycles. The van der Waals surface area contributed by atoms with Crippen LogP contribution >= 0.6 is 0 Å². The van der Waals surface area contributed by atoms with E-state index < -0.39 is 0 Å². The number of carbonyl (C=O) groups excluding carboxylic acids is 1. The summed E-state index contributed by atoms with van der Waals surface area (Å²) in [7, 11) is 0. The Bertz CT molecular complexity index is 675. The van der Waals surface area contributed by atoms with Gasteiger partial charge in [0.25, 0.3) is 5.56 Å². The van der Waals surface area contributed by atoms with Crippen molar-refractivity contribution in [3.63, 3.8) is 0 Å². The van der Waals surface area contributed by atoms with Gasteiger partial charge in [0.1, 0.15) is 12.1 Å². The lowest BCUT2D eigenvalue weighted by Gasteiger charge is -2.21. The number of amides is 1. The minimum absolute atomic E-state index is 0.0589. The molecular weight excluding hydrogens is 268 g/mol. The van der Waals surface area contributed by atoms with Crippen molar-refractivity contribution >= 4 is 16.8 Å². The molecule has 0 radical (unpaired) electrons. The summed E-state index contributed by atoms with van der Waals surface area (Å²) in [4.78, 5) is 26.3. The van der Waals surface area contributed by atoms with Crippen LogP contribution in [0.1, 0.15) is 26.7 Å². The summed E-state index contributed by atoms with van der Waals surface area (Å²) in [5.74, 6) is -0.0922. The number of rotatable bonds is 6. The first-order valence-corrected chi connectivity index (χ1v) is 7.27. The number of hydrogen-bond donors (Lipinski definition) is 0. The van der Waals surface area contributed by atoms with E-state index in [1.807, 2.05) is 13.8 Å². The van der Waals surface area contributed by atoms with E-state index in [4.69, 9.17) is 0 Å². The molecule has 0 fully saturated rings. The highest BCUT2D eigenvalue weighted by Gasteiger charge is 2.15. The van der Waals surface area contributed by atoms with Gasteiger partial charge in [0, 0.05) is 13.1 Å². The third-order valence-electron chi connectivity index (χ3n) is 3.25. The van der Waals surface area contributed by atoms with E-state index in [1.54, 1.807) is 29.2 Å². The SMILES string of the molecule is CCCN(CCC)C(=O)Cn1nnc2ccccc2c1=O. The van der Waals surface area contributed by atoms with Crippen LogP contribution in [0.4, 0.5) is 0 Å². The van der Waals surface area contributed by atoms with Crippen molar-refractivity contribution < 1.29 is 4.79 Å². The molecule has 21 heavy (non-hydrogen) atoms. The Morgan fingerprint density at radius 3 is 2.52 bits per heavy atom. The summed E-state index contributed by atoms with van der Waals surface area (Å²) < 4.78 is 1.14. The topological polar surface area (TPSA) is 68.1 Å². The second-order valence-electron chi connectivity index (χ2n) is 4.95. The van der Waals surface area contributed by atoms with Gasteiger partial charge in [-0.3, -0.25) is 9.59 Å². The summed E-state index contributed by atoms with van der Waals surface area (Å²) in [6, 6.07) is 7.01. The molecule has 2 rings (SSSR count). The standard InChI is InChI=1S/C15H20N4O2/c1-3-9-18(10-4-2)14(20)11-19-15(21)12-7-5-6-8-13(12)16-17-19/h5-8H,3-4,9-11H2,1-2H3. The highest BCUT2D eigenvalue weighted by molar-refractivity contribution is 5.78. The maximum absolute atomic E-state index is 12.3. The molecule has 1 amide bonds. The normalized spacial score (nSPS) is 10.8. The maximum atomic E-state index is 12.3. The monoisotopic (exact) mass is 288 g/mol. The van der Waals surface area contributed by atoms with Gasteiger partial charge in [-0.15, -0.1) is 5.10 Å². The zero-order chi connectivity index (χ0) is 15.2. The van der Waals surface area contributed by atoms with Crippen molar-refractivity contribution in [1.82, 2.24) is 19.9 Å². The average Bonchev–Trinajstić information content (AvgIpc) is 2.50. The Morgan fingerprint density at radius 2 is 1.86 bits per heavy atom. The molecule has 1 heterocycles. The zero-order valence-electron chi connectivity index (χ0n) is 12.5. The fraction of sp³-hybridized carbons (Fsp3) is 0.467. The summed E-state index contributed by atoms with van der Waals surface area (Å²) >= 11 is 0. The molecule has 0 atom stereocenters. The molecule has 0 N–H and O–H groups in total. The van der Waals surface area contributed by atoms with E-state index in [-0.39, 0.29) is 18.0 Å². The highest BCUT2D eigenvalue weighted by Crippen LogP contribution is 2.04. The fourth-order valence-electron chi connectivity index (χ4n) is 2.26. The first-order chi connectivity index (χ1) is 10.2. The van der Waals surface area contributed by atoms with Gasteiger partial charge in [0.15, 0.2) is 0 Å². The van der Waals surface area contributed by atoms with E-state index in [9.17, 15) is 9.59 Å². The maximum Gasteiger partial charge on any atom is 0.278 e. The second-order valence-corrected chi connectivity index (χ2v) is 4.95. The molecular formula is C15H20N4O2. The minimum atomic E-state index is -0.276. The molecule has 6 nitrogen and oxygen atoms in total. The van der Waals surface area contributed by atoms with Crippen molar-refractivity contribution in [2.45, 2.75) is 33.2 Å². The average molecular weight is 288 g/mol. The van der Waals surface area contributed by atoms with E-state index in [1.165, 1.54) is 0 Å². The van der Waals surface area contributed by atoms with Crippen molar-refractivity contribution in [2.75, 3.05) is 13.1 Å². The molecule has 0 saturated heterocycles. The van der Waals surface area contributed by atoms with Gasteiger partial charge in [-0.25, -0.2) is 4.68 Å². The quantitative estimate of drug-likeness (QED) is 0.806. The lowest BCUT2D eigenvalue weighted by Crippen LogP contribution is -2.38. The molecule has 1 aromatic carbocycles. The van der Waals surface area contributed by atoms with Crippen LogP contribution in [-0.4, -0.2) is 38.9 Å². The van der Waals surface area contributed by atoms with Gasteiger partial charge < -0.3 is 4.90 Å². The summed E-state index contributed by atoms with van der Waals surface area (Å²) in [6.07, 6.45) is 1.79. The zero-order valence-corrected chi connectivity index (χ0v) is 12.5. The predicted molar refractivity (Wildman–Crippen MR) is 81.0 cm³/mol. The number of benzene rings is 1. The molecule has 0 aliphatic carbocycles. The minimum Gasteiger partial charge on any atom is -0.341 e. The number of hydrogen-bond acceptors (Lipinski definition) is 4. The summed E-state index contributed by atoms with van der Waals surface area (Å²) in [5, 5.41) is 8.33. The fourth-order valence-corrected chi connectivity index (χ4v) is 2.26.